The molecule has 2 aromatic carbocycles. The van der Waals surface area contributed by atoms with Gasteiger partial charge in [-0.2, -0.15) is 0 Å². The second kappa shape index (κ2) is 7.09. The average Bonchev–Trinajstić information content (AvgIpc) is 2.53. The average molecular weight is 285 g/mol. The number of ether oxygens (including phenoxy) is 1. The normalized spacial score (nSPS) is 11.0. The van der Waals surface area contributed by atoms with Crippen molar-refractivity contribution < 1.29 is 19.5 Å². The molecule has 0 saturated heterocycles. The summed E-state index contributed by atoms with van der Waals surface area (Å²) in [5, 5.41) is 2.46. The lowest BCUT2D eigenvalue weighted by Crippen LogP contribution is -2.75. The van der Waals surface area contributed by atoms with E-state index in [9.17, 15) is 4.79 Å². The van der Waals surface area contributed by atoms with Gasteiger partial charge in [0.2, 0.25) is 0 Å². The Hall–Kier alpha value is -2.82. The van der Waals surface area contributed by atoms with Gasteiger partial charge in [-0.25, -0.2) is 4.79 Å². The van der Waals surface area contributed by atoms with Crippen molar-refractivity contribution in [3.05, 3.63) is 65.7 Å². The summed E-state index contributed by atoms with van der Waals surface area (Å²) in [5.41, 5.74) is 7.41. The summed E-state index contributed by atoms with van der Waals surface area (Å²) >= 11 is 0. The zero-order chi connectivity index (χ0) is 15.1. The van der Waals surface area contributed by atoms with Gasteiger partial charge in [0.25, 0.3) is 0 Å². The van der Waals surface area contributed by atoms with Crippen LogP contribution in [0.1, 0.15) is 11.1 Å². The van der Waals surface area contributed by atoms with Gasteiger partial charge >= 0.3 is 11.8 Å². The van der Waals surface area contributed by atoms with Crippen molar-refractivity contribution in [3.8, 4) is 5.75 Å². The third-order valence-corrected chi connectivity index (χ3v) is 2.87. The van der Waals surface area contributed by atoms with E-state index in [0.29, 0.717) is 5.56 Å². The van der Waals surface area contributed by atoms with Gasteiger partial charge in [-0.3, -0.25) is 10.6 Å². The van der Waals surface area contributed by atoms with Gasteiger partial charge in [0.1, 0.15) is 5.75 Å². The van der Waals surface area contributed by atoms with Crippen LogP contribution >= 0.6 is 0 Å². The zero-order valence-electron chi connectivity index (χ0n) is 11.7. The first-order valence-corrected chi connectivity index (χ1v) is 6.45. The number of nitrogens with two attached hydrogens (primary N) is 1. The maximum absolute atomic E-state index is 11.7. The van der Waals surface area contributed by atoms with Crippen molar-refractivity contribution in [2.75, 3.05) is 7.11 Å². The van der Waals surface area contributed by atoms with Crippen molar-refractivity contribution in [3.63, 3.8) is 0 Å². The first kappa shape index (κ1) is 14.6. The Kier molecular flexibility index (Phi) is 4.93. The SMILES string of the molecule is COc1ccc(C(N)=[NH+]OC(=O)Cc2ccccc2)cc1. The topological polar surface area (TPSA) is 75.5 Å². The Morgan fingerprint density at radius 1 is 1.10 bits per heavy atom. The molecule has 3 N–H and O–H groups in total. The maximum Gasteiger partial charge on any atom is 0.361 e. The van der Waals surface area contributed by atoms with Crippen molar-refractivity contribution in [1.82, 2.24) is 0 Å². The Labute approximate surface area is 123 Å². The number of rotatable bonds is 5. The molecule has 0 amide bonds. The molecule has 0 heterocycles. The third-order valence-electron chi connectivity index (χ3n) is 2.87. The number of benzene rings is 2. The predicted octanol–water partition coefficient (Wildman–Crippen LogP) is 0.182. The summed E-state index contributed by atoms with van der Waals surface area (Å²) in [4.78, 5) is 16.6. The van der Waals surface area contributed by atoms with E-state index in [4.69, 9.17) is 15.3 Å². The van der Waals surface area contributed by atoms with Crippen LogP contribution in [0.15, 0.2) is 54.6 Å². The number of amidine groups is 1. The standard InChI is InChI=1S/C16H16N2O3/c1-20-14-9-7-13(8-10-14)16(17)18-21-15(19)11-12-5-3-2-4-6-12/h2-10H,11H2,1H3,(H2,17,18)/p+1. The molecule has 5 heteroatoms. The molecule has 0 bridgehead atoms. The highest BCUT2D eigenvalue weighted by Crippen LogP contribution is 2.09. The lowest BCUT2D eigenvalue weighted by molar-refractivity contribution is -0.724. The summed E-state index contributed by atoms with van der Waals surface area (Å²) in [6.45, 7) is 0. The van der Waals surface area contributed by atoms with Gasteiger partial charge in [-0.15, -0.1) is 0 Å². The minimum atomic E-state index is -0.405. The highest BCUT2D eigenvalue weighted by atomic mass is 16.7. The van der Waals surface area contributed by atoms with Crippen molar-refractivity contribution in [2.24, 2.45) is 5.73 Å². The second-order valence-electron chi connectivity index (χ2n) is 4.38. The highest BCUT2D eigenvalue weighted by Gasteiger charge is 2.09. The summed E-state index contributed by atoms with van der Waals surface area (Å²) in [7, 11) is 1.59. The van der Waals surface area contributed by atoms with Crippen LogP contribution in [0.5, 0.6) is 5.75 Å². The number of hydrogen-bond acceptors (Lipinski definition) is 3. The molecule has 5 nitrogen and oxygen atoms in total. The second-order valence-corrected chi connectivity index (χ2v) is 4.38. The van der Waals surface area contributed by atoms with Crippen LogP contribution in [-0.2, 0) is 16.1 Å². The molecule has 0 aliphatic carbocycles. The van der Waals surface area contributed by atoms with E-state index in [0.717, 1.165) is 11.3 Å². The molecule has 0 atom stereocenters. The quantitative estimate of drug-likeness (QED) is 0.356. The molecule has 0 aliphatic heterocycles. The lowest BCUT2D eigenvalue weighted by atomic mass is 10.2. The van der Waals surface area contributed by atoms with Crippen LogP contribution in [0.25, 0.3) is 0 Å². The molecule has 0 radical (unpaired) electrons. The monoisotopic (exact) mass is 285 g/mol. The van der Waals surface area contributed by atoms with Crippen LogP contribution in [0, 0.1) is 0 Å². The molecular formula is C16H17N2O3+. The number of hydrogen-bond donors (Lipinski definition) is 2. The Balaban J connectivity index is 1.94. The van der Waals surface area contributed by atoms with Crippen LogP contribution < -0.4 is 15.6 Å². The highest BCUT2D eigenvalue weighted by molar-refractivity contribution is 5.93. The van der Waals surface area contributed by atoms with Crippen LogP contribution in [0.3, 0.4) is 0 Å². The number of carbonyl (C=O) groups excluding carboxylic acids is 1. The fourth-order valence-electron chi connectivity index (χ4n) is 1.74. The van der Waals surface area contributed by atoms with E-state index in [2.05, 4.69) is 5.16 Å². The third kappa shape index (κ3) is 4.35. The van der Waals surface area contributed by atoms with E-state index in [-0.39, 0.29) is 12.3 Å². The van der Waals surface area contributed by atoms with Crippen LogP contribution in [0.4, 0.5) is 0 Å². The maximum atomic E-state index is 11.7. The summed E-state index contributed by atoms with van der Waals surface area (Å²) in [6, 6.07) is 16.4. The van der Waals surface area contributed by atoms with Gasteiger partial charge in [0.05, 0.1) is 19.1 Å². The first-order valence-electron chi connectivity index (χ1n) is 6.45. The minimum Gasteiger partial charge on any atom is -0.497 e. The molecule has 0 aromatic heterocycles. The van der Waals surface area contributed by atoms with Crippen molar-refractivity contribution in [2.45, 2.75) is 6.42 Å². The van der Waals surface area contributed by atoms with Gasteiger partial charge in [0.15, 0.2) is 0 Å². The fourth-order valence-corrected chi connectivity index (χ4v) is 1.74. The number of nitrogen functional groups attached to an aromatic ring is 1. The van der Waals surface area contributed by atoms with Crippen LogP contribution in [-0.4, -0.2) is 18.9 Å². The van der Waals surface area contributed by atoms with Gasteiger partial charge in [-0.05, 0) is 29.8 Å². The molecule has 0 fully saturated rings. The molecule has 0 saturated carbocycles. The van der Waals surface area contributed by atoms with E-state index < -0.39 is 5.97 Å². The van der Waals surface area contributed by atoms with E-state index >= 15 is 0 Å². The van der Waals surface area contributed by atoms with Gasteiger partial charge < -0.3 is 4.74 Å². The lowest BCUT2D eigenvalue weighted by Gasteiger charge is -2.00. The molecule has 21 heavy (non-hydrogen) atoms. The van der Waals surface area contributed by atoms with Gasteiger partial charge in [-0.1, -0.05) is 35.5 Å². The van der Waals surface area contributed by atoms with Gasteiger partial charge in [0, 0.05) is 0 Å². The fraction of sp³-hybridized carbons (Fsp3) is 0.125. The summed E-state index contributed by atoms with van der Waals surface area (Å²) < 4.78 is 5.06. The first-order chi connectivity index (χ1) is 10.2. The Morgan fingerprint density at radius 2 is 1.76 bits per heavy atom. The number of methoxy groups -OCH3 is 1. The molecule has 2 rings (SSSR count). The molecule has 0 aliphatic rings. The largest absolute Gasteiger partial charge is 0.497 e. The molecule has 2 aromatic rings. The minimum absolute atomic E-state index is 0.184. The van der Waals surface area contributed by atoms with Crippen molar-refractivity contribution >= 4 is 11.8 Å². The summed E-state index contributed by atoms with van der Waals surface area (Å²) in [5.74, 6) is 0.587. The smallest absolute Gasteiger partial charge is 0.361 e. The van der Waals surface area contributed by atoms with Crippen molar-refractivity contribution in [1.29, 1.82) is 0 Å². The van der Waals surface area contributed by atoms with Crippen LogP contribution in [0.2, 0.25) is 0 Å². The van der Waals surface area contributed by atoms with E-state index in [1.807, 2.05) is 30.3 Å². The number of carbonyl (C=O) groups is 1. The van der Waals surface area contributed by atoms with E-state index in [1.54, 1.807) is 31.4 Å². The molecule has 108 valence electrons. The predicted molar refractivity (Wildman–Crippen MR) is 78.5 cm³/mol. The zero-order valence-corrected chi connectivity index (χ0v) is 11.7. The van der Waals surface area contributed by atoms with E-state index in [1.165, 1.54) is 0 Å². The Bertz CT molecular complexity index is 622. The Morgan fingerprint density at radius 3 is 2.38 bits per heavy atom. The molecular weight excluding hydrogens is 268 g/mol. The summed E-state index contributed by atoms with van der Waals surface area (Å²) in [6.07, 6.45) is 0.184. The molecule has 0 spiro atoms. The number of nitrogens with one attached hydrogen (secondary N) is 1. The molecule has 0 unspecified atom stereocenters.